The number of hydrogen-bond donors (Lipinski definition) is 1. The van der Waals surface area contributed by atoms with Gasteiger partial charge in [0.2, 0.25) is 21.8 Å². The monoisotopic (exact) mass is 487 g/mol. The van der Waals surface area contributed by atoms with Gasteiger partial charge in [-0.2, -0.15) is 0 Å². The highest BCUT2D eigenvalue weighted by molar-refractivity contribution is 7.92. The van der Waals surface area contributed by atoms with Gasteiger partial charge in [-0.05, 0) is 50.8 Å². The Morgan fingerprint density at radius 2 is 1.74 bits per heavy atom. The maximum Gasteiger partial charge on any atom is 0.242 e. The van der Waals surface area contributed by atoms with Crippen LogP contribution in [0, 0.1) is 13.8 Å². The summed E-state index contributed by atoms with van der Waals surface area (Å²) in [6.07, 6.45) is 2.14. The number of aryl methyl sites for hydroxylation is 2. The van der Waals surface area contributed by atoms with E-state index >= 15 is 0 Å². The largest absolute Gasteiger partial charge is 0.355 e. The number of anilines is 1. The Bertz CT molecular complexity index is 1080. The lowest BCUT2D eigenvalue weighted by atomic mass is 10.1. The van der Waals surface area contributed by atoms with Crippen molar-refractivity contribution in [1.82, 2.24) is 10.2 Å². The summed E-state index contributed by atoms with van der Waals surface area (Å²) in [7, 11) is -3.51. The molecule has 0 aliphatic heterocycles. The van der Waals surface area contributed by atoms with Crippen molar-refractivity contribution in [3.05, 3.63) is 65.2 Å². The average Bonchev–Trinajstić information content (AvgIpc) is 2.76. The van der Waals surface area contributed by atoms with Gasteiger partial charge < -0.3 is 10.2 Å². The molecule has 1 unspecified atom stereocenters. The van der Waals surface area contributed by atoms with Crippen LogP contribution in [0.25, 0.3) is 0 Å². The first-order chi connectivity index (χ1) is 16.1. The standard InChI is InChI=1S/C26H37N3O4S/c1-6-23(26(31)27-7-2)28(19-22-14-10-12-20(3)18-22)25(30)16-11-17-29(34(5,32)33)24-15-9-8-13-21(24)4/h8-10,12-15,18,23H,6-7,11,16-17,19H2,1-5H3,(H,27,31). The van der Waals surface area contributed by atoms with Crippen LogP contribution >= 0.6 is 0 Å². The van der Waals surface area contributed by atoms with Crippen LogP contribution in [0.15, 0.2) is 48.5 Å². The minimum Gasteiger partial charge on any atom is -0.355 e. The molecule has 0 aliphatic carbocycles. The normalized spacial score (nSPS) is 12.1. The molecule has 2 aromatic rings. The van der Waals surface area contributed by atoms with Gasteiger partial charge >= 0.3 is 0 Å². The molecular weight excluding hydrogens is 450 g/mol. The predicted octanol–water partition coefficient (Wildman–Crippen LogP) is 3.79. The lowest BCUT2D eigenvalue weighted by molar-refractivity contribution is -0.141. The van der Waals surface area contributed by atoms with Crippen molar-refractivity contribution in [3.8, 4) is 0 Å². The molecule has 0 aliphatic rings. The van der Waals surface area contributed by atoms with Crippen molar-refractivity contribution < 1.29 is 18.0 Å². The van der Waals surface area contributed by atoms with Crippen LogP contribution in [-0.2, 0) is 26.2 Å². The third kappa shape index (κ3) is 7.58. The lowest BCUT2D eigenvalue weighted by Gasteiger charge is -2.31. The number of sulfonamides is 1. The fourth-order valence-corrected chi connectivity index (χ4v) is 5.07. The van der Waals surface area contributed by atoms with Gasteiger partial charge in [-0.25, -0.2) is 8.42 Å². The molecule has 1 N–H and O–H groups in total. The molecule has 186 valence electrons. The zero-order chi connectivity index (χ0) is 25.3. The molecular formula is C26H37N3O4S. The first-order valence-electron chi connectivity index (χ1n) is 11.7. The van der Waals surface area contributed by atoms with Gasteiger partial charge in [0.25, 0.3) is 0 Å². The van der Waals surface area contributed by atoms with Crippen LogP contribution in [0.4, 0.5) is 5.69 Å². The molecule has 0 aromatic heterocycles. The molecule has 2 rings (SSSR count). The Hall–Kier alpha value is -2.87. The van der Waals surface area contributed by atoms with E-state index in [0.717, 1.165) is 16.7 Å². The summed E-state index contributed by atoms with van der Waals surface area (Å²) in [5.41, 5.74) is 3.50. The van der Waals surface area contributed by atoms with E-state index < -0.39 is 16.1 Å². The summed E-state index contributed by atoms with van der Waals surface area (Å²) in [5.74, 6) is -0.346. The number of nitrogens with zero attached hydrogens (tertiary/aromatic N) is 2. The van der Waals surface area contributed by atoms with Crippen LogP contribution in [0.3, 0.4) is 0 Å². The van der Waals surface area contributed by atoms with Crippen LogP contribution < -0.4 is 9.62 Å². The number of likely N-dealkylation sites (N-methyl/N-ethyl adjacent to an activating group) is 1. The second-order valence-electron chi connectivity index (χ2n) is 8.55. The molecule has 34 heavy (non-hydrogen) atoms. The Balaban J connectivity index is 2.21. The number of rotatable bonds is 12. The lowest BCUT2D eigenvalue weighted by Crippen LogP contribution is -2.49. The minimum absolute atomic E-state index is 0.139. The van der Waals surface area contributed by atoms with Gasteiger partial charge in [-0.15, -0.1) is 0 Å². The summed E-state index contributed by atoms with van der Waals surface area (Å²) in [4.78, 5) is 27.7. The van der Waals surface area contributed by atoms with Gasteiger partial charge in [-0.1, -0.05) is 55.0 Å². The van der Waals surface area contributed by atoms with Gasteiger partial charge in [-0.3, -0.25) is 13.9 Å². The second-order valence-corrected chi connectivity index (χ2v) is 10.5. The highest BCUT2D eigenvalue weighted by Crippen LogP contribution is 2.23. The number of benzene rings is 2. The van der Waals surface area contributed by atoms with E-state index in [1.165, 1.54) is 10.6 Å². The highest BCUT2D eigenvalue weighted by Gasteiger charge is 2.28. The van der Waals surface area contributed by atoms with E-state index in [9.17, 15) is 18.0 Å². The van der Waals surface area contributed by atoms with Crippen molar-refractivity contribution >= 4 is 27.5 Å². The van der Waals surface area contributed by atoms with E-state index in [1.54, 1.807) is 17.0 Å². The van der Waals surface area contributed by atoms with Crippen molar-refractivity contribution in [2.24, 2.45) is 0 Å². The van der Waals surface area contributed by atoms with Gasteiger partial charge in [0.1, 0.15) is 6.04 Å². The van der Waals surface area contributed by atoms with Crippen molar-refractivity contribution in [2.75, 3.05) is 23.7 Å². The van der Waals surface area contributed by atoms with Crippen molar-refractivity contribution in [3.63, 3.8) is 0 Å². The zero-order valence-corrected chi connectivity index (χ0v) is 21.7. The number of hydrogen-bond acceptors (Lipinski definition) is 4. The zero-order valence-electron chi connectivity index (χ0n) is 20.9. The fourth-order valence-electron chi connectivity index (χ4n) is 4.04. The van der Waals surface area contributed by atoms with Gasteiger partial charge in [0.15, 0.2) is 0 Å². The molecule has 8 heteroatoms. The maximum atomic E-state index is 13.4. The second kappa shape index (κ2) is 12.6. The van der Waals surface area contributed by atoms with Crippen LogP contribution in [0.5, 0.6) is 0 Å². The topological polar surface area (TPSA) is 86.8 Å². The number of nitrogens with one attached hydrogen (secondary N) is 1. The summed E-state index contributed by atoms with van der Waals surface area (Å²) in [5, 5.41) is 2.83. The Labute approximate surface area is 204 Å². The van der Waals surface area contributed by atoms with E-state index in [2.05, 4.69) is 5.32 Å². The number of para-hydroxylation sites is 1. The average molecular weight is 488 g/mol. The first-order valence-corrected chi connectivity index (χ1v) is 13.6. The minimum atomic E-state index is -3.51. The molecule has 0 heterocycles. The number of amides is 2. The molecule has 2 aromatic carbocycles. The summed E-state index contributed by atoms with van der Waals surface area (Å²) >= 11 is 0. The van der Waals surface area contributed by atoms with Gasteiger partial charge in [0.05, 0.1) is 11.9 Å². The molecule has 0 radical (unpaired) electrons. The third-order valence-electron chi connectivity index (χ3n) is 5.71. The predicted molar refractivity (Wildman–Crippen MR) is 137 cm³/mol. The first kappa shape index (κ1) is 27.4. The Kier molecular flexibility index (Phi) is 10.1. The van der Waals surface area contributed by atoms with E-state index in [0.29, 0.717) is 31.6 Å². The smallest absolute Gasteiger partial charge is 0.242 e. The highest BCUT2D eigenvalue weighted by atomic mass is 32.2. The van der Waals surface area contributed by atoms with E-state index in [4.69, 9.17) is 0 Å². The molecule has 7 nitrogen and oxygen atoms in total. The SMILES string of the molecule is CCNC(=O)C(CC)N(Cc1cccc(C)c1)C(=O)CCCN(c1ccccc1C)S(C)(=O)=O. The number of carbonyl (C=O) groups is 2. The van der Waals surface area contributed by atoms with Crippen LogP contribution in [0.1, 0.15) is 49.8 Å². The van der Waals surface area contributed by atoms with Crippen LogP contribution in [0.2, 0.25) is 0 Å². The Morgan fingerprint density at radius 1 is 1.03 bits per heavy atom. The molecule has 2 amide bonds. The Morgan fingerprint density at radius 3 is 2.32 bits per heavy atom. The molecule has 0 spiro atoms. The maximum absolute atomic E-state index is 13.4. The van der Waals surface area contributed by atoms with Crippen molar-refractivity contribution in [1.29, 1.82) is 0 Å². The van der Waals surface area contributed by atoms with E-state index in [1.807, 2.05) is 64.1 Å². The molecule has 0 saturated heterocycles. The van der Waals surface area contributed by atoms with Crippen LogP contribution in [-0.4, -0.2) is 50.5 Å². The summed E-state index contributed by atoms with van der Waals surface area (Å²) in [6, 6.07) is 14.6. The molecule has 1 atom stereocenters. The third-order valence-corrected chi connectivity index (χ3v) is 6.89. The molecule has 0 fully saturated rings. The summed E-state index contributed by atoms with van der Waals surface area (Å²) < 4.78 is 26.3. The number of carbonyl (C=O) groups excluding carboxylic acids is 2. The van der Waals surface area contributed by atoms with E-state index in [-0.39, 0.29) is 24.8 Å². The molecule has 0 bridgehead atoms. The molecule has 0 saturated carbocycles. The quantitative estimate of drug-likeness (QED) is 0.493. The van der Waals surface area contributed by atoms with Crippen molar-refractivity contribution in [2.45, 2.75) is 59.5 Å². The van der Waals surface area contributed by atoms with Gasteiger partial charge in [0, 0.05) is 26.1 Å². The summed E-state index contributed by atoms with van der Waals surface area (Å²) in [6.45, 7) is 8.59. The fraction of sp³-hybridized carbons (Fsp3) is 0.462.